The molecule has 0 bridgehead atoms. The fourth-order valence-electron chi connectivity index (χ4n) is 4.18. The zero-order valence-electron chi connectivity index (χ0n) is 18.4. The van der Waals surface area contributed by atoms with Gasteiger partial charge in [0.15, 0.2) is 5.82 Å². The van der Waals surface area contributed by atoms with Crippen molar-refractivity contribution in [3.8, 4) is 17.0 Å². The molecule has 1 aliphatic rings. The lowest BCUT2D eigenvalue weighted by Gasteiger charge is -2.14. The van der Waals surface area contributed by atoms with E-state index in [-0.39, 0.29) is 11.3 Å². The summed E-state index contributed by atoms with van der Waals surface area (Å²) in [4.78, 5) is 27.0. The Morgan fingerprint density at radius 1 is 1.09 bits per heavy atom. The minimum Gasteiger partial charge on any atom is -0.476 e. The van der Waals surface area contributed by atoms with Gasteiger partial charge in [0.1, 0.15) is 18.1 Å². The second-order valence-corrected chi connectivity index (χ2v) is 8.26. The summed E-state index contributed by atoms with van der Waals surface area (Å²) in [5, 5.41) is 0.440. The molecule has 5 rings (SSSR count). The van der Waals surface area contributed by atoms with Crippen molar-refractivity contribution in [2.24, 2.45) is 0 Å². The van der Waals surface area contributed by atoms with Gasteiger partial charge in [0.2, 0.25) is 11.7 Å². The fraction of sp³-hybridized carbons (Fsp3) is 0.240. The molecule has 3 aromatic heterocycles. The number of nitrogens with one attached hydrogen (secondary N) is 1. The first-order chi connectivity index (χ1) is 16.5. The van der Waals surface area contributed by atoms with E-state index in [1.165, 1.54) is 19.0 Å². The quantitative estimate of drug-likeness (QED) is 0.315. The lowest BCUT2D eigenvalue weighted by atomic mass is 10.00. The van der Waals surface area contributed by atoms with Crippen LogP contribution in [-0.2, 0) is 0 Å². The summed E-state index contributed by atoms with van der Waals surface area (Å²) >= 11 is 0. The van der Waals surface area contributed by atoms with E-state index in [1.807, 2.05) is 6.07 Å². The van der Waals surface area contributed by atoms with Crippen molar-refractivity contribution >= 4 is 22.5 Å². The van der Waals surface area contributed by atoms with E-state index in [0.29, 0.717) is 29.1 Å². The molecule has 3 N–H and O–H groups in total. The molecule has 1 aromatic carbocycles. The summed E-state index contributed by atoms with van der Waals surface area (Å²) < 4.78 is 34.4. The maximum atomic E-state index is 14.4. The molecule has 0 unspecified atom stereocenters. The standard InChI is InChI=1S/C25H23F2N5O2/c26-19-4-5-20(28)23(27)22(19)24(33)18-14-31-25-17(18)11-16(13-30-25)15-3-6-21(29-12-15)34-10-9-32-7-1-2-8-32/h3-6,11-14H,1-2,7-10,28H2,(H,30,31). The minimum absolute atomic E-state index is 0.0996. The van der Waals surface area contributed by atoms with Gasteiger partial charge in [-0.1, -0.05) is 0 Å². The topological polar surface area (TPSA) is 97.1 Å². The first kappa shape index (κ1) is 22.0. The Labute approximate surface area is 194 Å². The number of H-pyrrole nitrogens is 1. The van der Waals surface area contributed by atoms with Gasteiger partial charge in [0.25, 0.3) is 0 Å². The number of halogens is 2. The Bertz CT molecular complexity index is 1350. The lowest BCUT2D eigenvalue weighted by Crippen LogP contribution is -2.25. The van der Waals surface area contributed by atoms with Crippen molar-refractivity contribution in [1.82, 2.24) is 19.9 Å². The molecule has 174 valence electrons. The number of ether oxygens (including phenoxy) is 1. The number of hydrogen-bond donors (Lipinski definition) is 2. The number of ketones is 1. The summed E-state index contributed by atoms with van der Waals surface area (Å²) in [5.74, 6) is -2.33. The number of pyridine rings is 2. The number of benzene rings is 1. The largest absolute Gasteiger partial charge is 0.476 e. The number of carbonyl (C=O) groups is 1. The molecule has 0 saturated carbocycles. The van der Waals surface area contributed by atoms with Crippen LogP contribution in [0.2, 0.25) is 0 Å². The predicted octanol–water partition coefficient (Wildman–Crippen LogP) is 4.19. The summed E-state index contributed by atoms with van der Waals surface area (Å²) in [5.41, 5.74) is 6.54. The SMILES string of the molecule is Nc1ccc(F)c(C(=O)c2c[nH]c3ncc(-c4ccc(OCCN5CCCC5)nc4)cc23)c1F. The number of fused-ring (bicyclic) bond motifs is 1. The second kappa shape index (κ2) is 9.18. The van der Waals surface area contributed by atoms with E-state index in [0.717, 1.165) is 37.3 Å². The van der Waals surface area contributed by atoms with Gasteiger partial charge in [-0.15, -0.1) is 0 Å². The first-order valence-corrected chi connectivity index (χ1v) is 11.1. The Morgan fingerprint density at radius 2 is 1.88 bits per heavy atom. The zero-order chi connectivity index (χ0) is 23.7. The van der Waals surface area contributed by atoms with E-state index >= 15 is 0 Å². The van der Waals surface area contributed by atoms with Gasteiger partial charge >= 0.3 is 0 Å². The maximum Gasteiger partial charge on any atom is 0.213 e. The molecule has 0 aliphatic carbocycles. The van der Waals surface area contributed by atoms with Gasteiger partial charge in [-0.05, 0) is 50.2 Å². The Balaban J connectivity index is 1.38. The maximum absolute atomic E-state index is 14.4. The van der Waals surface area contributed by atoms with Crippen LogP contribution in [0.4, 0.5) is 14.5 Å². The number of anilines is 1. The number of rotatable bonds is 7. The monoisotopic (exact) mass is 463 g/mol. The highest BCUT2D eigenvalue weighted by Gasteiger charge is 2.24. The molecule has 0 spiro atoms. The van der Waals surface area contributed by atoms with Gasteiger partial charge in [-0.2, -0.15) is 0 Å². The Morgan fingerprint density at radius 3 is 2.65 bits per heavy atom. The van der Waals surface area contributed by atoms with Gasteiger partial charge in [0.05, 0.1) is 11.3 Å². The molecule has 1 saturated heterocycles. The predicted molar refractivity (Wildman–Crippen MR) is 125 cm³/mol. The molecule has 1 aliphatic heterocycles. The van der Waals surface area contributed by atoms with Crippen LogP contribution in [0.5, 0.6) is 5.88 Å². The third-order valence-electron chi connectivity index (χ3n) is 6.05. The molecule has 0 amide bonds. The molecule has 4 aromatic rings. The number of nitrogen functional groups attached to an aromatic ring is 1. The molecular formula is C25H23F2N5O2. The third-order valence-corrected chi connectivity index (χ3v) is 6.05. The summed E-state index contributed by atoms with van der Waals surface area (Å²) in [6.07, 6.45) is 7.17. The van der Waals surface area contributed by atoms with Gasteiger partial charge in [-0.3, -0.25) is 9.69 Å². The highest BCUT2D eigenvalue weighted by molar-refractivity contribution is 6.16. The van der Waals surface area contributed by atoms with E-state index in [2.05, 4.69) is 19.9 Å². The van der Waals surface area contributed by atoms with E-state index in [9.17, 15) is 13.6 Å². The van der Waals surface area contributed by atoms with E-state index in [1.54, 1.807) is 24.5 Å². The van der Waals surface area contributed by atoms with Crippen molar-refractivity contribution in [1.29, 1.82) is 0 Å². The normalized spacial score (nSPS) is 14.1. The molecule has 1 fully saturated rings. The lowest BCUT2D eigenvalue weighted by molar-refractivity contribution is 0.103. The fourth-order valence-corrected chi connectivity index (χ4v) is 4.18. The second-order valence-electron chi connectivity index (χ2n) is 8.26. The van der Waals surface area contributed by atoms with Crippen LogP contribution in [-0.4, -0.2) is 51.9 Å². The number of aromatic amines is 1. The number of likely N-dealkylation sites (tertiary alicyclic amines) is 1. The van der Waals surface area contributed by atoms with Crippen LogP contribution in [0, 0.1) is 11.6 Å². The third kappa shape index (κ3) is 4.22. The van der Waals surface area contributed by atoms with Crippen molar-refractivity contribution in [3.05, 3.63) is 71.7 Å². The summed E-state index contributed by atoms with van der Waals surface area (Å²) in [6, 6.07) is 7.43. The highest BCUT2D eigenvalue weighted by atomic mass is 19.1. The van der Waals surface area contributed by atoms with Crippen molar-refractivity contribution < 1.29 is 18.3 Å². The average Bonchev–Trinajstić information content (AvgIpc) is 3.52. The number of nitrogens with zero attached hydrogens (tertiary/aromatic N) is 3. The van der Waals surface area contributed by atoms with E-state index < -0.39 is 23.0 Å². The van der Waals surface area contributed by atoms with Crippen LogP contribution >= 0.6 is 0 Å². The van der Waals surface area contributed by atoms with Crippen molar-refractivity contribution in [2.75, 3.05) is 32.0 Å². The molecule has 4 heterocycles. The number of nitrogens with two attached hydrogens (primary N) is 1. The van der Waals surface area contributed by atoms with Crippen LogP contribution in [0.15, 0.2) is 48.9 Å². The molecule has 34 heavy (non-hydrogen) atoms. The Hall–Kier alpha value is -3.85. The zero-order valence-corrected chi connectivity index (χ0v) is 18.4. The summed E-state index contributed by atoms with van der Waals surface area (Å²) in [6.45, 7) is 3.69. The van der Waals surface area contributed by atoms with Crippen LogP contribution in [0.25, 0.3) is 22.2 Å². The number of aromatic nitrogens is 3. The molecule has 0 radical (unpaired) electrons. The van der Waals surface area contributed by atoms with Crippen molar-refractivity contribution in [2.45, 2.75) is 12.8 Å². The Kier molecular flexibility index (Phi) is 5.93. The van der Waals surface area contributed by atoms with Crippen LogP contribution in [0.1, 0.15) is 28.8 Å². The van der Waals surface area contributed by atoms with Crippen molar-refractivity contribution in [3.63, 3.8) is 0 Å². The molecule has 7 nitrogen and oxygen atoms in total. The molecular weight excluding hydrogens is 440 g/mol. The van der Waals surface area contributed by atoms with Crippen LogP contribution < -0.4 is 10.5 Å². The average molecular weight is 463 g/mol. The molecule has 0 atom stereocenters. The van der Waals surface area contributed by atoms with E-state index in [4.69, 9.17) is 10.5 Å². The first-order valence-electron chi connectivity index (χ1n) is 11.1. The summed E-state index contributed by atoms with van der Waals surface area (Å²) in [7, 11) is 0. The highest BCUT2D eigenvalue weighted by Crippen LogP contribution is 2.29. The smallest absolute Gasteiger partial charge is 0.213 e. The number of carbonyl (C=O) groups excluding carboxylic acids is 1. The number of hydrogen-bond acceptors (Lipinski definition) is 6. The minimum atomic E-state index is -1.08. The van der Waals surface area contributed by atoms with Gasteiger partial charge in [0, 0.05) is 53.3 Å². The van der Waals surface area contributed by atoms with Gasteiger partial charge < -0.3 is 15.5 Å². The molecule has 9 heteroatoms. The van der Waals surface area contributed by atoms with Crippen LogP contribution in [0.3, 0.4) is 0 Å². The van der Waals surface area contributed by atoms with Gasteiger partial charge in [-0.25, -0.2) is 18.7 Å².